The molecule has 0 heterocycles. The number of hydrogen-bond donors (Lipinski definition) is 2. The second-order valence-corrected chi connectivity index (χ2v) is 5.30. The minimum absolute atomic E-state index is 0.0983. The van der Waals surface area contributed by atoms with E-state index < -0.39 is 0 Å². The van der Waals surface area contributed by atoms with Crippen molar-refractivity contribution in [1.29, 1.82) is 0 Å². The van der Waals surface area contributed by atoms with Gasteiger partial charge in [-0.3, -0.25) is 4.79 Å². The van der Waals surface area contributed by atoms with Crippen LogP contribution >= 0.6 is 15.9 Å². The van der Waals surface area contributed by atoms with Gasteiger partial charge < -0.3 is 10.6 Å². The maximum Gasteiger partial charge on any atom is 0.221 e. The molecule has 94 valence electrons. The topological polar surface area (TPSA) is 41.1 Å². The maximum atomic E-state index is 11.4. The van der Waals surface area contributed by atoms with E-state index in [-0.39, 0.29) is 5.91 Å². The zero-order chi connectivity index (χ0) is 12.7. The number of amides is 1. The van der Waals surface area contributed by atoms with Gasteiger partial charge in [-0.2, -0.15) is 0 Å². The van der Waals surface area contributed by atoms with Crippen molar-refractivity contribution in [1.82, 2.24) is 5.32 Å². The summed E-state index contributed by atoms with van der Waals surface area (Å²) in [6, 6.07) is 7.91. The predicted molar refractivity (Wildman–Crippen MR) is 75.1 cm³/mol. The zero-order valence-corrected chi connectivity index (χ0v) is 11.9. The average molecular weight is 299 g/mol. The van der Waals surface area contributed by atoms with Crippen LogP contribution in [0.25, 0.3) is 0 Å². The molecule has 0 spiro atoms. The van der Waals surface area contributed by atoms with Gasteiger partial charge in [0.25, 0.3) is 0 Å². The van der Waals surface area contributed by atoms with Crippen LogP contribution in [-0.2, 0) is 4.79 Å². The van der Waals surface area contributed by atoms with Crippen LogP contribution in [0.15, 0.2) is 28.7 Å². The van der Waals surface area contributed by atoms with Crippen LogP contribution < -0.4 is 10.6 Å². The summed E-state index contributed by atoms with van der Waals surface area (Å²) in [6.07, 6.45) is 0.499. The Morgan fingerprint density at radius 1 is 1.41 bits per heavy atom. The van der Waals surface area contributed by atoms with Gasteiger partial charge in [-0.1, -0.05) is 35.8 Å². The zero-order valence-electron chi connectivity index (χ0n) is 10.3. The monoisotopic (exact) mass is 298 g/mol. The molecular formula is C13H19BrN2O. The molecule has 0 saturated carbocycles. The average Bonchev–Trinajstić information content (AvgIpc) is 2.26. The lowest BCUT2D eigenvalue weighted by Gasteiger charge is -2.09. The molecule has 0 aliphatic carbocycles. The first kappa shape index (κ1) is 14.0. The number of nitrogens with one attached hydrogen (secondary N) is 2. The molecule has 4 heteroatoms. The molecule has 0 radical (unpaired) electrons. The normalized spacial score (nSPS) is 10.4. The molecule has 0 saturated heterocycles. The van der Waals surface area contributed by atoms with Crippen molar-refractivity contribution in [2.45, 2.75) is 20.3 Å². The molecular weight excluding hydrogens is 280 g/mol. The Bertz CT molecular complexity index is 366. The predicted octanol–water partition coefficient (Wildman–Crippen LogP) is 3.02. The second-order valence-electron chi connectivity index (χ2n) is 4.39. The van der Waals surface area contributed by atoms with Gasteiger partial charge in [0, 0.05) is 29.7 Å². The first-order valence-electron chi connectivity index (χ1n) is 5.84. The fourth-order valence-electron chi connectivity index (χ4n) is 1.33. The van der Waals surface area contributed by atoms with Crippen LogP contribution in [0.1, 0.15) is 20.3 Å². The van der Waals surface area contributed by atoms with Gasteiger partial charge in [0.2, 0.25) is 5.91 Å². The molecule has 0 fully saturated rings. The fourth-order valence-corrected chi connectivity index (χ4v) is 1.72. The molecule has 0 aliphatic rings. The van der Waals surface area contributed by atoms with Gasteiger partial charge in [0.1, 0.15) is 0 Å². The number of carbonyl (C=O) groups excluding carboxylic acids is 1. The summed E-state index contributed by atoms with van der Waals surface area (Å²) in [5, 5.41) is 6.10. The Morgan fingerprint density at radius 3 is 2.82 bits per heavy atom. The van der Waals surface area contributed by atoms with Crippen LogP contribution in [0.4, 0.5) is 5.69 Å². The quantitative estimate of drug-likeness (QED) is 0.848. The fraction of sp³-hybridized carbons (Fsp3) is 0.462. The Labute approximate surface area is 111 Å². The third-order valence-electron chi connectivity index (χ3n) is 2.21. The van der Waals surface area contributed by atoms with Crippen LogP contribution in [0.5, 0.6) is 0 Å². The highest BCUT2D eigenvalue weighted by atomic mass is 79.9. The summed E-state index contributed by atoms with van der Waals surface area (Å²) >= 11 is 3.40. The molecule has 1 amide bonds. The van der Waals surface area contributed by atoms with E-state index in [2.05, 4.69) is 40.4 Å². The molecule has 17 heavy (non-hydrogen) atoms. The van der Waals surface area contributed by atoms with Gasteiger partial charge in [-0.15, -0.1) is 0 Å². The summed E-state index contributed by atoms with van der Waals surface area (Å²) in [5.41, 5.74) is 1.02. The molecule has 1 aromatic rings. The largest absolute Gasteiger partial charge is 0.384 e. The highest BCUT2D eigenvalue weighted by Gasteiger charge is 2.01. The first-order chi connectivity index (χ1) is 8.08. The SMILES string of the molecule is CC(C)CNC(=O)CCNc1cccc(Br)c1. The molecule has 0 aliphatic heterocycles. The van der Waals surface area contributed by atoms with Gasteiger partial charge in [-0.05, 0) is 24.1 Å². The Morgan fingerprint density at radius 2 is 2.18 bits per heavy atom. The Balaban J connectivity index is 2.21. The number of anilines is 1. The summed E-state index contributed by atoms with van der Waals surface area (Å²) < 4.78 is 1.03. The van der Waals surface area contributed by atoms with E-state index in [4.69, 9.17) is 0 Å². The highest BCUT2D eigenvalue weighted by Crippen LogP contribution is 2.15. The molecule has 1 aromatic carbocycles. The number of benzene rings is 1. The van der Waals surface area contributed by atoms with E-state index >= 15 is 0 Å². The number of halogens is 1. The smallest absolute Gasteiger partial charge is 0.221 e. The van der Waals surface area contributed by atoms with Crippen LogP contribution in [0.2, 0.25) is 0 Å². The summed E-state index contributed by atoms with van der Waals surface area (Å²) in [6.45, 7) is 5.57. The van der Waals surface area contributed by atoms with Crippen LogP contribution in [0.3, 0.4) is 0 Å². The first-order valence-corrected chi connectivity index (χ1v) is 6.63. The Kier molecular flexibility index (Phi) is 6.05. The van der Waals surface area contributed by atoms with Gasteiger partial charge in [0.05, 0.1) is 0 Å². The maximum absolute atomic E-state index is 11.4. The van der Waals surface area contributed by atoms with Crippen molar-refractivity contribution in [3.63, 3.8) is 0 Å². The summed E-state index contributed by atoms with van der Waals surface area (Å²) in [4.78, 5) is 11.4. The van der Waals surface area contributed by atoms with Crippen molar-refractivity contribution < 1.29 is 4.79 Å². The van der Waals surface area contributed by atoms with Crippen LogP contribution in [0, 0.1) is 5.92 Å². The lowest BCUT2D eigenvalue weighted by atomic mass is 10.2. The van der Waals surface area contributed by atoms with Crippen molar-refractivity contribution >= 4 is 27.5 Å². The number of rotatable bonds is 6. The highest BCUT2D eigenvalue weighted by molar-refractivity contribution is 9.10. The summed E-state index contributed by atoms with van der Waals surface area (Å²) in [5.74, 6) is 0.596. The van der Waals surface area contributed by atoms with Gasteiger partial charge in [0.15, 0.2) is 0 Å². The van der Waals surface area contributed by atoms with E-state index in [1.807, 2.05) is 24.3 Å². The molecule has 1 rings (SSSR count). The van der Waals surface area contributed by atoms with E-state index in [1.165, 1.54) is 0 Å². The van der Waals surface area contributed by atoms with E-state index in [0.717, 1.165) is 16.7 Å². The molecule has 3 nitrogen and oxygen atoms in total. The van der Waals surface area contributed by atoms with Crippen LogP contribution in [-0.4, -0.2) is 19.0 Å². The van der Waals surface area contributed by atoms with E-state index in [0.29, 0.717) is 18.9 Å². The Hall–Kier alpha value is -1.03. The molecule has 2 N–H and O–H groups in total. The van der Waals surface area contributed by atoms with Crippen molar-refractivity contribution in [3.8, 4) is 0 Å². The number of carbonyl (C=O) groups is 1. The van der Waals surface area contributed by atoms with Gasteiger partial charge in [-0.25, -0.2) is 0 Å². The number of hydrogen-bond acceptors (Lipinski definition) is 2. The third-order valence-corrected chi connectivity index (χ3v) is 2.71. The lowest BCUT2D eigenvalue weighted by Crippen LogP contribution is -2.28. The second kappa shape index (κ2) is 7.33. The van der Waals surface area contributed by atoms with Crippen molar-refractivity contribution in [2.24, 2.45) is 5.92 Å². The third kappa shape index (κ3) is 6.31. The van der Waals surface area contributed by atoms with E-state index in [9.17, 15) is 4.79 Å². The van der Waals surface area contributed by atoms with Gasteiger partial charge >= 0.3 is 0 Å². The lowest BCUT2D eigenvalue weighted by molar-refractivity contribution is -0.120. The standard InChI is InChI=1S/C13H19BrN2O/c1-10(2)9-16-13(17)6-7-15-12-5-3-4-11(14)8-12/h3-5,8,10,15H,6-7,9H2,1-2H3,(H,16,17). The molecule has 0 bridgehead atoms. The summed E-state index contributed by atoms with van der Waals surface area (Å²) in [7, 11) is 0. The minimum Gasteiger partial charge on any atom is -0.384 e. The van der Waals surface area contributed by atoms with Crippen molar-refractivity contribution in [2.75, 3.05) is 18.4 Å². The van der Waals surface area contributed by atoms with Crippen molar-refractivity contribution in [3.05, 3.63) is 28.7 Å². The molecule has 0 aromatic heterocycles. The molecule has 0 unspecified atom stereocenters. The molecule has 0 atom stereocenters. The minimum atomic E-state index is 0.0983. The van der Waals surface area contributed by atoms with E-state index in [1.54, 1.807) is 0 Å².